The molecular formula is C19H22ClN5O2. The first-order chi connectivity index (χ1) is 13.0. The van der Waals surface area contributed by atoms with E-state index in [0.717, 1.165) is 23.4 Å². The number of carbonyl (C=O) groups excluding carboxylic acids is 1. The van der Waals surface area contributed by atoms with Crippen LogP contribution in [0.3, 0.4) is 0 Å². The van der Waals surface area contributed by atoms with Crippen LogP contribution in [0.1, 0.15) is 34.2 Å². The average Bonchev–Trinajstić information content (AvgIpc) is 3.27. The molecule has 0 aliphatic rings. The van der Waals surface area contributed by atoms with E-state index < -0.39 is 0 Å². The molecule has 2 heterocycles. The summed E-state index contributed by atoms with van der Waals surface area (Å²) in [5.41, 5.74) is 3.28. The molecule has 142 valence electrons. The third kappa shape index (κ3) is 4.68. The van der Waals surface area contributed by atoms with Crippen LogP contribution in [0.4, 0.5) is 0 Å². The second-order valence-corrected chi connectivity index (χ2v) is 6.63. The molecule has 0 aliphatic carbocycles. The van der Waals surface area contributed by atoms with Crippen molar-refractivity contribution in [1.29, 1.82) is 0 Å². The minimum Gasteiger partial charge on any atom is -0.470 e. The van der Waals surface area contributed by atoms with E-state index in [9.17, 15) is 4.79 Å². The standard InChI is InChI=1S/C19H22ClN5O2/c1-4-24-11-15(14(3)22-24)10-21-19(26)17-7-8-25(23-17)12-27-18-9-13(2)5-6-16(18)20/h5-9,11H,4,10,12H2,1-3H3,(H,21,26). The molecule has 3 aromatic rings. The highest BCUT2D eigenvalue weighted by Gasteiger charge is 2.12. The van der Waals surface area contributed by atoms with Gasteiger partial charge in [-0.3, -0.25) is 9.48 Å². The molecule has 0 spiro atoms. The molecule has 1 aromatic carbocycles. The van der Waals surface area contributed by atoms with E-state index in [1.165, 1.54) is 0 Å². The Morgan fingerprint density at radius 1 is 1.22 bits per heavy atom. The van der Waals surface area contributed by atoms with Gasteiger partial charge in [-0.05, 0) is 44.5 Å². The molecule has 0 fully saturated rings. The summed E-state index contributed by atoms with van der Waals surface area (Å²) in [6.45, 7) is 7.28. The summed E-state index contributed by atoms with van der Waals surface area (Å²) < 4.78 is 9.08. The highest BCUT2D eigenvalue weighted by molar-refractivity contribution is 6.32. The maximum atomic E-state index is 12.3. The smallest absolute Gasteiger partial charge is 0.272 e. The first kappa shape index (κ1) is 19.0. The Morgan fingerprint density at radius 2 is 2.04 bits per heavy atom. The van der Waals surface area contributed by atoms with Gasteiger partial charge in [-0.15, -0.1) is 0 Å². The predicted octanol–water partition coefficient (Wildman–Crippen LogP) is 3.34. The van der Waals surface area contributed by atoms with Gasteiger partial charge in [0.25, 0.3) is 5.91 Å². The lowest BCUT2D eigenvalue weighted by molar-refractivity contribution is 0.0944. The van der Waals surface area contributed by atoms with Gasteiger partial charge in [-0.25, -0.2) is 4.68 Å². The van der Waals surface area contributed by atoms with Crippen molar-refractivity contribution in [3.05, 3.63) is 64.2 Å². The largest absolute Gasteiger partial charge is 0.470 e. The average molecular weight is 388 g/mol. The Morgan fingerprint density at radius 3 is 2.78 bits per heavy atom. The maximum absolute atomic E-state index is 12.3. The van der Waals surface area contributed by atoms with Crippen LogP contribution < -0.4 is 10.1 Å². The predicted molar refractivity (Wildman–Crippen MR) is 103 cm³/mol. The minimum atomic E-state index is -0.244. The number of aryl methyl sites for hydroxylation is 3. The van der Waals surface area contributed by atoms with Crippen molar-refractivity contribution in [3.8, 4) is 5.75 Å². The number of amides is 1. The van der Waals surface area contributed by atoms with Gasteiger partial charge in [0.05, 0.1) is 10.7 Å². The summed E-state index contributed by atoms with van der Waals surface area (Å²) in [6.07, 6.45) is 3.63. The summed E-state index contributed by atoms with van der Waals surface area (Å²) in [5.74, 6) is 0.340. The van der Waals surface area contributed by atoms with Crippen molar-refractivity contribution in [3.63, 3.8) is 0 Å². The number of nitrogens with zero attached hydrogens (tertiary/aromatic N) is 4. The number of hydrogen-bond donors (Lipinski definition) is 1. The lowest BCUT2D eigenvalue weighted by atomic mass is 10.2. The maximum Gasteiger partial charge on any atom is 0.272 e. The molecule has 0 bridgehead atoms. The molecule has 0 unspecified atom stereocenters. The minimum absolute atomic E-state index is 0.166. The SMILES string of the molecule is CCn1cc(CNC(=O)c2ccn(COc3cc(C)ccc3Cl)n2)c(C)n1. The van der Waals surface area contributed by atoms with E-state index in [2.05, 4.69) is 15.5 Å². The molecule has 0 aliphatic heterocycles. The topological polar surface area (TPSA) is 74.0 Å². The Kier molecular flexibility index (Phi) is 5.81. The van der Waals surface area contributed by atoms with E-state index in [0.29, 0.717) is 23.0 Å². The Balaban J connectivity index is 1.57. The highest BCUT2D eigenvalue weighted by Crippen LogP contribution is 2.25. The second-order valence-electron chi connectivity index (χ2n) is 6.23. The quantitative estimate of drug-likeness (QED) is 0.674. The van der Waals surface area contributed by atoms with Crippen molar-refractivity contribution in [2.75, 3.05) is 0 Å². The molecule has 2 aromatic heterocycles. The zero-order valence-electron chi connectivity index (χ0n) is 15.6. The van der Waals surface area contributed by atoms with E-state index in [1.54, 1.807) is 23.0 Å². The molecule has 0 atom stereocenters. The van der Waals surface area contributed by atoms with Gasteiger partial charge in [0.15, 0.2) is 6.73 Å². The zero-order chi connectivity index (χ0) is 19.4. The van der Waals surface area contributed by atoms with Crippen LogP contribution in [0.5, 0.6) is 5.75 Å². The molecule has 1 N–H and O–H groups in total. The molecule has 8 heteroatoms. The molecule has 27 heavy (non-hydrogen) atoms. The number of carbonyl (C=O) groups is 1. The van der Waals surface area contributed by atoms with E-state index in [1.807, 2.05) is 43.8 Å². The Labute approximate surface area is 162 Å². The third-order valence-corrected chi connectivity index (χ3v) is 4.44. The first-order valence-corrected chi connectivity index (χ1v) is 9.07. The lowest BCUT2D eigenvalue weighted by Gasteiger charge is -2.08. The molecule has 0 saturated heterocycles. The molecular weight excluding hydrogens is 366 g/mol. The van der Waals surface area contributed by atoms with E-state index in [-0.39, 0.29) is 12.6 Å². The molecule has 1 amide bonds. The second kappa shape index (κ2) is 8.26. The monoisotopic (exact) mass is 387 g/mol. The number of benzene rings is 1. The summed E-state index contributed by atoms with van der Waals surface area (Å²) >= 11 is 6.12. The van der Waals surface area contributed by atoms with Gasteiger partial charge < -0.3 is 10.1 Å². The molecule has 0 radical (unpaired) electrons. The highest BCUT2D eigenvalue weighted by atomic mass is 35.5. The van der Waals surface area contributed by atoms with Gasteiger partial charge in [0, 0.05) is 31.0 Å². The fourth-order valence-electron chi connectivity index (χ4n) is 2.57. The molecule has 0 saturated carbocycles. The van der Waals surface area contributed by atoms with Crippen LogP contribution in [0, 0.1) is 13.8 Å². The number of rotatable bonds is 7. The van der Waals surface area contributed by atoms with Crippen LogP contribution in [0.25, 0.3) is 0 Å². The number of aromatic nitrogens is 4. The van der Waals surface area contributed by atoms with E-state index >= 15 is 0 Å². The van der Waals surface area contributed by atoms with Gasteiger partial charge in [0.2, 0.25) is 0 Å². The molecule has 7 nitrogen and oxygen atoms in total. The summed E-state index contributed by atoms with van der Waals surface area (Å²) in [7, 11) is 0. The van der Waals surface area contributed by atoms with Gasteiger partial charge in [0.1, 0.15) is 11.4 Å². The fourth-order valence-corrected chi connectivity index (χ4v) is 2.74. The summed E-state index contributed by atoms with van der Waals surface area (Å²) in [5, 5.41) is 12.0. The number of halogens is 1. The first-order valence-electron chi connectivity index (χ1n) is 8.69. The van der Waals surface area contributed by atoms with Crippen molar-refractivity contribution >= 4 is 17.5 Å². The molecule has 3 rings (SSSR count). The van der Waals surface area contributed by atoms with Gasteiger partial charge >= 0.3 is 0 Å². The van der Waals surface area contributed by atoms with Gasteiger partial charge in [-0.1, -0.05) is 17.7 Å². The van der Waals surface area contributed by atoms with Crippen LogP contribution >= 0.6 is 11.6 Å². The van der Waals surface area contributed by atoms with Crippen LogP contribution in [-0.4, -0.2) is 25.5 Å². The summed E-state index contributed by atoms with van der Waals surface area (Å²) in [6, 6.07) is 7.21. The number of ether oxygens (including phenoxy) is 1. The van der Waals surface area contributed by atoms with Crippen LogP contribution in [-0.2, 0) is 19.8 Å². The number of nitrogens with one attached hydrogen (secondary N) is 1. The fraction of sp³-hybridized carbons (Fsp3) is 0.316. The van der Waals surface area contributed by atoms with Crippen molar-refractivity contribution in [1.82, 2.24) is 24.9 Å². The normalized spacial score (nSPS) is 10.8. The van der Waals surface area contributed by atoms with Crippen molar-refractivity contribution in [2.24, 2.45) is 0 Å². The zero-order valence-corrected chi connectivity index (χ0v) is 16.3. The van der Waals surface area contributed by atoms with E-state index in [4.69, 9.17) is 16.3 Å². The lowest BCUT2D eigenvalue weighted by Crippen LogP contribution is -2.23. The summed E-state index contributed by atoms with van der Waals surface area (Å²) in [4.78, 5) is 12.3. The number of hydrogen-bond acceptors (Lipinski definition) is 4. The van der Waals surface area contributed by atoms with Gasteiger partial charge in [-0.2, -0.15) is 10.2 Å². The van der Waals surface area contributed by atoms with Crippen LogP contribution in [0.2, 0.25) is 5.02 Å². The third-order valence-electron chi connectivity index (χ3n) is 4.12. The Hall–Kier alpha value is -2.80. The van der Waals surface area contributed by atoms with Crippen molar-refractivity contribution in [2.45, 2.75) is 40.6 Å². The van der Waals surface area contributed by atoms with Crippen LogP contribution in [0.15, 0.2) is 36.7 Å². The van der Waals surface area contributed by atoms with Crippen molar-refractivity contribution < 1.29 is 9.53 Å². The Bertz CT molecular complexity index is 947.